The fraction of sp³-hybridized carbons (Fsp3) is 0.455. The molecule has 2 rings (SSSR count). The average molecular weight is 266 g/mol. The summed E-state index contributed by atoms with van der Waals surface area (Å²) < 4.78 is 42.7. The molecule has 1 atom stereocenters. The van der Waals surface area contributed by atoms with Crippen molar-refractivity contribution in [1.82, 2.24) is 5.32 Å². The first-order valence-electron chi connectivity index (χ1n) is 5.16. The number of halogens is 4. The van der Waals surface area contributed by atoms with Crippen molar-refractivity contribution < 1.29 is 17.9 Å². The van der Waals surface area contributed by atoms with Crippen LogP contribution >= 0.6 is 11.6 Å². The van der Waals surface area contributed by atoms with Crippen molar-refractivity contribution >= 4 is 11.6 Å². The molecule has 0 aromatic heterocycles. The topological polar surface area (TPSA) is 21.3 Å². The van der Waals surface area contributed by atoms with Gasteiger partial charge in [0, 0.05) is 6.54 Å². The molecule has 1 fully saturated rings. The predicted molar refractivity (Wildman–Crippen MR) is 58.0 cm³/mol. The first-order chi connectivity index (χ1) is 7.98. The Morgan fingerprint density at radius 3 is 2.65 bits per heavy atom. The Morgan fingerprint density at radius 1 is 1.35 bits per heavy atom. The summed E-state index contributed by atoms with van der Waals surface area (Å²) in [5.41, 5.74) is -0.0951. The summed E-state index contributed by atoms with van der Waals surface area (Å²) >= 11 is 5.64. The maximum Gasteiger partial charge on any atom is 0.417 e. The van der Waals surface area contributed by atoms with Crippen molar-refractivity contribution in [1.29, 1.82) is 0 Å². The summed E-state index contributed by atoms with van der Waals surface area (Å²) in [5.74, 6) is 0. The molecule has 1 aliphatic rings. The molecule has 1 heterocycles. The molecular formula is C11H11ClF3NO. The molecule has 1 saturated heterocycles. The molecule has 0 amide bonds. The van der Waals surface area contributed by atoms with E-state index in [1.54, 1.807) is 0 Å². The second kappa shape index (κ2) is 4.84. The van der Waals surface area contributed by atoms with Crippen molar-refractivity contribution in [2.24, 2.45) is 0 Å². The number of benzene rings is 1. The van der Waals surface area contributed by atoms with Gasteiger partial charge in [-0.25, -0.2) is 0 Å². The van der Waals surface area contributed by atoms with Crippen LogP contribution in [0.15, 0.2) is 18.2 Å². The average Bonchev–Trinajstić information content (AvgIpc) is 2.28. The van der Waals surface area contributed by atoms with Crippen molar-refractivity contribution in [2.45, 2.75) is 12.2 Å². The molecule has 0 radical (unpaired) electrons. The smallest absolute Gasteiger partial charge is 0.378 e. The Labute approximate surface area is 102 Å². The van der Waals surface area contributed by atoms with Crippen LogP contribution in [0.1, 0.15) is 17.2 Å². The van der Waals surface area contributed by atoms with Gasteiger partial charge in [0.25, 0.3) is 0 Å². The van der Waals surface area contributed by atoms with Gasteiger partial charge in [0.2, 0.25) is 0 Å². The van der Waals surface area contributed by atoms with Crippen molar-refractivity contribution in [3.05, 3.63) is 34.3 Å². The summed E-state index contributed by atoms with van der Waals surface area (Å²) in [5, 5.41) is 2.88. The lowest BCUT2D eigenvalue weighted by molar-refractivity contribution is -0.137. The van der Waals surface area contributed by atoms with E-state index in [1.165, 1.54) is 12.1 Å². The van der Waals surface area contributed by atoms with Gasteiger partial charge in [0.1, 0.15) is 0 Å². The highest BCUT2D eigenvalue weighted by molar-refractivity contribution is 6.31. The second-order valence-electron chi connectivity index (χ2n) is 3.82. The fourth-order valence-corrected chi connectivity index (χ4v) is 2.05. The SMILES string of the molecule is FC(F)(F)c1ccc([C@H]2COCCN2)cc1Cl. The Hall–Kier alpha value is -0.780. The number of alkyl halides is 3. The van der Waals surface area contributed by atoms with Crippen LogP contribution in [0.3, 0.4) is 0 Å². The van der Waals surface area contributed by atoms with Gasteiger partial charge in [0.15, 0.2) is 0 Å². The zero-order chi connectivity index (χ0) is 12.5. The Kier molecular flexibility index (Phi) is 3.61. The molecule has 17 heavy (non-hydrogen) atoms. The minimum Gasteiger partial charge on any atom is -0.378 e. The molecular weight excluding hydrogens is 255 g/mol. The Balaban J connectivity index is 2.24. The Morgan fingerprint density at radius 2 is 2.12 bits per heavy atom. The number of nitrogens with one attached hydrogen (secondary N) is 1. The highest BCUT2D eigenvalue weighted by atomic mass is 35.5. The summed E-state index contributed by atoms with van der Waals surface area (Å²) in [6.45, 7) is 1.75. The van der Waals surface area contributed by atoms with E-state index in [-0.39, 0.29) is 11.1 Å². The van der Waals surface area contributed by atoms with E-state index >= 15 is 0 Å². The first-order valence-corrected chi connectivity index (χ1v) is 5.54. The van der Waals surface area contributed by atoms with Crippen LogP contribution in [0.5, 0.6) is 0 Å². The third-order valence-electron chi connectivity index (χ3n) is 2.62. The summed E-state index contributed by atoms with van der Waals surface area (Å²) in [4.78, 5) is 0. The molecule has 1 aromatic carbocycles. The molecule has 94 valence electrons. The van der Waals surface area contributed by atoms with Crippen LogP contribution in [0.2, 0.25) is 5.02 Å². The lowest BCUT2D eigenvalue weighted by Crippen LogP contribution is -2.34. The van der Waals surface area contributed by atoms with Crippen molar-refractivity contribution in [3.8, 4) is 0 Å². The number of ether oxygens (including phenoxy) is 1. The minimum atomic E-state index is -4.41. The summed E-state index contributed by atoms with van der Waals surface area (Å²) in [7, 11) is 0. The van der Waals surface area contributed by atoms with E-state index in [0.717, 1.165) is 6.07 Å². The maximum atomic E-state index is 12.5. The molecule has 1 aromatic rings. The van der Waals surface area contributed by atoms with Gasteiger partial charge in [-0.15, -0.1) is 0 Å². The van der Waals surface area contributed by atoms with Crippen LogP contribution < -0.4 is 5.32 Å². The minimum absolute atomic E-state index is 0.0940. The van der Waals surface area contributed by atoms with Crippen LogP contribution in [-0.4, -0.2) is 19.8 Å². The molecule has 0 unspecified atom stereocenters. The zero-order valence-corrected chi connectivity index (χ0v) is 9.61. The van der Waals surface area contributed by atoms with Gasteiger partial charge in [0.05, 0.1) is 29.8 Å². The second-order valence-corrected chi connectivity index (χ2v) is 4.23. The van der Waals surface area contributed by atoms with E-state index < -0.39 is 11.7 Å². The molecule has 0 aliphatic carbocycles. The molecule has 6 heteroatoms. The van der Waals surface area contributed by atoms with Gasteiger partial charge < -0.3 is 10.1 Å². The molecule has 0 spiro atoms. The predicted octanol–water partition coefficient (Wildman–Crippen LogP) is 3.02. The molecule has 1 aliphatic heterocycles. The largest absolute Gasteiger partial charge is 0.417 e. The number of rotatable bonds is 1. The maximum absolute atomic E-state index is 12.5. The fourth-order valence-electron chi connectivity index (χ4n) is 1.76. The summed E-state index contributed by atoms with van der Waals surface area (Å²) in [6.07, 6.45) is -4.41. The molecule has 2 nitrogen and oxygen atoms in total. The third kappa shape index (κ3) is 2.91. The summed E-state index contributed by atoms with van der Waals surface area (Å²) in [6, 6.07) is 3.69. The van der Waals surface area contributed by atoms with Gasteiger partial charge in [-0.05, 0) is 17.7 Å². The van der Waals surface area contributed by atoms with Crippen molar-refractivity contribution in [2.75, 3.05) is 19.8 Å². The highest BCUT2D eigenvalue weighted by Gasteiger charge is 2.33. The number of hydrogen-bond acceptors (Lipinski definition) is 2. The van der Waals surface area contributed by atoms with Crippen LogP contribution in [0.4, 0.5) is 13.2 Å². The van der Waals surface area contributed by atoms with Crippen LogP contribution in [-0.2, 0) is 10.9 Å². The number of morpholine rings is 1. The standard InChI is InChI=1S/C11H11ClF3NO/c12-9-5-7(10-6-17-4-3-16-10)1-2-8(9)11(13,14)15/h1-2,5,10,16H,3-4,6H2/t10-/m1/s1. The van der Waals surface area contributed by atoms with Gasteiger partial charge in [-0.3, -0.25) is 0 Å². The normalized spacial score (nSPS) is 21.5. The Bertz CT molecular complexity index is 402. The highest BCUT2D eigenvalue weighted by Crippen LogP contribution is 2.35. The van der Waals surface area contributed by atoms with Gasteiger partial charge in [-0.2, -0.15) is 13.2 Å². The lowest BCUT2D eigenvalue weighted by Gasteiger charge is -2.24. The quantitative estimate of drug-likeness (QED) is 0.843. The van der Waals surface area contributed by atoms with E-state index in [1.807, 2.05) is 0 Å². The van der Waals surface area contributed by atoms with E-state index in [4.69, 9.17) is 16.3 Å². The number of hydrogen-bond donors (Lipinski definition) is 1. The van der Waals surface area contributed by atoms with Gasteiger partial charge >= 0.3 is 6.18 Å². The third-order valence-corrected chi connectivity index (χ3v) is 2.94. The molecule has 1 N–H and O–H groups in total. The molecule has 0 saturated carbocycles. The van der Waals surface area contributed by atoms with E-state index in [0.29, 0.717) is 25.3 Å². The lowest BCUT2D eigenvalue weighted by atomic mass is 10.0. The van der Waals surface area contributed by atoms with Gasteiger partial charge in [-0.1, -0.05) is 17.7 Å². The van der Waals surface area contributed by atoms with Crippen LogP contribution in [0, 0.1) is 0 Å². The molecule has 0 bridgehead atoms. The zero-order valence-electron chi connectivity index (χ0n) is 8.85. The van der Waals surface area contributed by atoms with Crippen molar-refractivity contribution in [3.63, 3.8) is 0 Å². The van der Waals surface area contributed by atoms with E-state index in [9.17, 15) is 13.2 Å². The van der Waals surface area contributed by atoms with E-state index in [2.05, 4.69) is 5.32 Å². The van der Waals surface area contributed by atoms with Crippen LogP contribution in [0.25, 0.3) is 0 Å². The monoisotopic (exact) mass is 265 g/mol. The first kappa shape index (κ1) is 12.7.